The third-order valence-corrected chi connectivity index (χ3v) is 4.18. The molecule has 0 bridgehead atoms. The summed E-state index contributed by atoms with van der Waals surface area (Å²) in [6.07, 6.45) is 1.43. The molecule has 0 heterocycles. The Morgan fingerprint density at radius 3 is 2.36 bits per heavy atom. The number of anilines is 2. The van der Waals surface area contributed by atoms with Crippen LogP contribution in [0.3, 0.4) is 0 Å². The van der Waals surface area contributed by atoms with Gasteiger partial charge in [0.2, 0.25) is 0 Å². The van der Waals surface area contributed by atoms with Gasteiger partial charge in [0, 0.05) is 32.4 Å². The summed E-state index contributed by atoms with van der Waals surface area (Å²) < 4.78 is 0. The quantitative estimate of drug-likeness (QED) is 0.330. The van der Waals surface area contributed by atoms with Gasteiger partial charge in [-0.3, -0.25) is 19.7 Å². The van der Waals surface area contributed by atoms with Gasteiger partial charge in [-0.05, 0) is 49.1 Å². The second kappa shape index (κ2) is 9.50. The lowest BCUT2D eigenvalue weighted by Gasteiger charge is -2.12. The first kappa shape index (κ1) is 20.9. The van der Waals surface area contributed by atoms with Gasteiger partial charge in [-0.15, -0.1) is 0 Å². The number of hydrogen-bond acceptors (Lipinski definition) is 5. The molecule has 0 aliphatic heterocycles. The molecule has 0 atom stereocenters. The van der Waals surface area contributed by atoms with E-state index in [4.69, 9.17) is 0 Å². The molecule has 28 heavy (non-hydrogen) atoms. The Kier molecular flexibility index (Phi) is 7.08. The van der Waals surface area contributed by atoms with E-state index in [0.29, 0.717) is 18.5 Å². The maximum atomic E-state index is 12.0. The molecule has 2 N–H and O–H groups in total. The summed E-state index contributed by atoms with van der Waals surface area (Å²) >= 11 is 0. The van der Waals surface area contributed by atoms with Gasteiger partial charge in [0.05, 0.1) is 4.92 Å². The molecule has 2 rings (SSSR count). The molecule has 2 aromatic carbocycles. The molecule has 0 spiro atoms. The van der Waals surface area contributed by atoms with E-state index in [2.05, 4.69) is 10.6 Å². The van der Waals surface area contributed by atoms with E-state index < -0.39 is 16.7 Å². The van der Waals surface area contributed by atoms with Crippen LogP contribution in [0.1, 0.15) is 17.5 Å². The van der Waals surface area contributed by atoms with Crippen LogP contribution >= 0.6 is 0 Å². The first-order valence-corrected chi connectivity index (χ1v) is 8.88. The molecule has 0 aromatic heterocycles. The number of rotatable bonds is 7. The highest BCUT2D eigenvalue weighted by Crippen LogP contribution is 2.25. The molecule has 2 amide bonds. The summed E-state index contributed by atoms with van der Waals surface area (Å²) in [4.78, 5) is 36.4. The van der Waals surface area contributed by atoms with E-state index in [1.54, 1.807) is 13.0 Å². The molecule has 0 saturated carbocycles. The molecule has 8 nitrogen and oxygen atoms in total. The van der Waals surface area contributed by atoms with E-state index in [0.717, 1.165) is 17.7 Å². The Bertz CT molecular complexity index is 863. The van der Waals surface area contributed by atoms with Gasteiger partial charge in [-0.1, -0.05) is 18.2 Å². The summed E-state index contributed by atoms with van der Waals surface area (Å²) in [5.74, 6) is -1.75. The normalized spacial score (nSPS) is 10.2. The summed E-state index contributed by atoms with van der Waals surface area (Å²) in [6.45, 7) is 2.04. The van der Waals surface area contributed by atoms with Crippen molar-refractivity contribution in [3.8, 4) is 0 Å². The van der Waals surface area contributed by atoms with E-state index in [-0.39, 0.29) is 11.4 Å². The van der Waals surface area contributed by atoms with E-state index in [1.807, 2.05) is 43.3 Å². The van der Waals surface area contributed by atoms with Crippen LogP contribution in [-0.2, 0) is 16.0 Å². The number of hydrogen-bond donors (Lipinski definition) is 2. The minimum absolute atomic E-state index is 0.00303. The number of benzene rings is 2. The third-order valence-electron chi connectivity index (χ3n) is 4.18. The number of carbonyl (C=O) groups is 2. The number of carbonyl (C=O) groups excluding carboxylic acids is 2. The number of nitro benzene ring substituents is 1. The maximum absolute atomic E-state index is 12.0. The average Bonchev–Trinajstić information content (AvgIpc) is 2.66. The summed E-state index contributed by atoms with van der Waals surface area (Å²) in [5.41, 5.74) is 2.69. The van der Waals surface area contributed by atoms with Crippen molar-refractivity contribution in [3.63, 3.8) is 0 Å². The highest BCUT2D eigenvalue weighted by molar-refractivity contribution is 6.39. The Morgan fingerprint density at radius 2 is 1.75 bits per heavy atom. The molecule has 0 aliphatic rings. The highest BCUT2D eigenvalue weighted by Gasteiger charge is 2.19. The van der Waals surface area contributed by atoms with Gasteiger partial charge in [0.15, 0.2) is 0 Å². The first-order chi connectivity index (χ1) is 13.3. The van der Waals surface area contributed by atoms with Crippen molar-refractivity contribution >= 4 is 28.9 Å². The van der Waals surface area contributed by atoms with Gasteiger partial charge in [-0.2, -0.15) is 0 Å². The Morgan fingerprint density at radius 1 is 1.07 bits per heavy atom. The lowest BCUT2D eigenvalue weighted by molar-refractivity contribution is -0.384. The predicted molar refractivity (Wildman–Crippen MR) is 109 cm³/mol. The molecule has 0 saturated heterocycles. The Hall–Kier alpha value is -3.42. The van der Waals surface area contributed by atoms with Crippen molar-refractivity contribution in [3.05, 3.63) is 63.7 Å². The smallest absolute Gasteiger partial charge is 0.313 e. The Labute approximate surface area is 163 Å². The Balaban J connectivity index is 1.81. The number of nitrogens with one attached hydrogen (secondary N) is 2. The zero-order valence-electron chi connectivity index (χ0n) is 16.2. The number of nitrogens with zero attached hydrogens (tertiary/aromatic N) is 2. The second-order valence-corrected chi connectivity index (χ2v) is 6.65. The second-order valence-electron chi connectivity index (χ2n) is 6.65. The molecular weight excluding hydrogens is 360 g/mol. The summed E-state index contributed by atoms with van der Waals surface area (Å²) in [7, 11) is 3.95. The van der Waals surface area contributed by atoms with Gasteiger partial charge in [0.25, 0.3) is 5.69 Å². The van der Waals surface area contributed by atoms with Crippen LogP contribution in [-0.4, -0.2) is 37.4 Å². The molecular formula is C20H24N4O4. The fourth-order valence-corrected chi connectivity index (χ4v) is 2.61. The third kappa shape index (κ3) is 5.80. The van der Waals surface area contributed by atoms with Crippen LogP contribution in [0.25, 0.3) is 0 Å². The minimum atomic E-state index is -0.928. The van der Waals surface area contributed by atoms with Crippen molar-refractivity contribution in [1.82, 2.24) is 5.32 Å². The molecule has 0 aliphatic carbocycles. The predicted octanol–water partition coefficient (Wildman–Crippen LogP) is 2.66. The standard InChI is InChI=1S/C20H24N4O4/c1-14-6-11-17(18(13-14)24(27)28)22-20(26)19(25)21-12-4-5-15-7-9-16(10-8-15)23(2)3/h6-11,13H,4-5,12H2,1-3H3,(H,21,25)(H,22,26). The molecule has 8 heteroatoms. The van der Waals surface area contributed by atoms with Crippen LogP contribution in [0.2, 0.25) is 0 Å². The maximum Gasteiger partial charge on any atom is 0.313 e. The molecule has 0 fully saturated rings. The number of nitro groups is 1. The van der Waals surface area contributed by atoms with Crippen LogP contribution in [0, 0.1) is 17.0 Å². The van der Waals surface area contributed by atoms with Gasteiger partial charge in [-0.25, -0.2) is 0 Å². The molecule has 0 unspecified atom stereocenters. The van der Waals surface area contributed by atoms with Gasteiger partial charge >= 0.3 is 11.8 Å². The lowest BCUT2D eigenvalue weighted by Crippen LogP contribution is -2.36. The number of aryl methyl sites for hydroxylation is 2. The zero-order chi connectivity index (χ0) is 20.7. The zero-order valence-corrected chi connectivity index (χ0v) is 16.2. The van der Waals surface area contributed by atoms with Crippen molar-refractivity contribution in [2.45, 2.75) is 19.8 Å². The van der Waals surface area contributed by atoms with Crippen LogP contribution < -0.4 is 15.5 Å². The van der Waals surface area contributed by atoms with E-state index in [9.17, 15) is 19.7 Å². The highest BCUT2D eigenvalue weighted by atomic mass is 16.6. The summed E-state index contributed by atoms with van der Waals surface area (Å²) in [5, 5.41) is 15.9. The fraction of sp³-hybridized carbons (Fsp3) is 0.300. The van der Waals surface area contributed by atoms with Crippen molar-refractivity contribution in [2.75, 3.05) is 30.9 Å². The van der Waals surface area contributed by atoms with E-state index in [1.165, 1.54) is 12.1 Å². The van der Waals surface area contributed by atoms with Crippen molar-refractivity contribution in [1.29, 1.82) is 0 Å². The van der Waals surface area contributed by atoms with Crippen LogP contribution in [0.15, 0.2) is 42.5 Å². The minimum Gasteiger partial charge on any atom is -0.378 e. The van der Waals surface area contributed by atoms with Crippen LogP contribution in [0.4, 0.5) is 17.1 Å². The first-order valence-electron chi connectivity index (χ1n) is 8.88. The summed E-state index contributed by atoms with van der Waals surface area (Å²) in [6, 6.07) is 12.5. The molecule has 2 aromatic rings. The molecule has 0 radical (unpaired) electrons. The van der Waals surface area contributed by atoms with Crippen LogP contribution in [0.5, 0.6) is 0 Å². The van der Waals surface area contributed by atoms with Gasteiger partial charge in [0.1, 0.15) is 5.69 Å². The monoisotopic (exact) mass is 384 g/mol. The number of amides is 2. The fourth-order valence-electron chi connectivity index (χ4n) is 2.61. The molecule has 148 valence electrons. The largest absolute Gasteiger partial charge is 0.378 e. The topological polar surface area (TPSA) is 105 Å². The lowest BCUT2D eigenvalue weighted by atomic mass is 10.1. The van der Waals surface area contributed by atoms with Crippen molar-refractivity contribution < 1.29 is 14.5 Å². The average molecular weight is 384 g/mol. The van der Waals surface area contributed by atoms with E-state index >= 15 is 0 Å². The van der Waals surface area contributed by atoms with Crippen molar-refractivity contribution in [2.24, 2.45) is 0 Å². The SMILES string of the molecule is Cc1ccc(NC(=O)C(=O)NCCCc2ccc(N(C)C)cc2)c([N+](=O)[O-])c1. The van der Waals surface area contributed by atoms with Gasteiger partial charge < -0.3 is 15.5 Å².